The average Bonchev–Trinajstić information content (AvgIpc) is 2.17. The molecule has 0 saturated heterocycles. The van der Waals surface area contributed by atoms with Crippen LogP contribution < -0.4 is 5.32 Å². The van der Waals surface area contributed by atoms with E-state index in [0.717, 1.165) is 6.07 Å². The fourth-order valence-electron chi connectivity index (χ4n) is 0.848. The van der Waals surface area contributed by atoms with Crippen molar-refractivity contribution in [1.29, 1.82) is 0 Å². The summed E-state index contributed by atoms with van der Waals surface area (Å²) in [6.45, 7) is 3.37. The average molecular weight is 305 g/mol. The van der Waals surface area contributed by atoms with Gasteiger partial charge in [0.05, 0.1) is 4.48 Å². The SMILES string of the molecule is C=C(Br)C(=O)Nc1c[c]c(S(=O)(=O)O)cc1. The zero-order valence-electron chi connectivity index (χ0n) is 7.90. The van der Waals surface area contributed by atoms with Crippen molar-refractivity contribution in [1.82, 2.24) is 0 Å². The number of halogens is 1. The molecule has 1 rings (SSSR count). The van der Waals surface area contributed by atoms with Gasteiger partial charge in [-0.3, -0.25) is 9.35 Å². The van der Waals surface area contributed by atoms with Gasteiger partial charge in [0, 0.05) is 11.8 Å². The number of amides is 1. The largest absolute Gasteiger partial charge is 0.322 e. The van der Waals surface area contributed by atoms with Gasteiger partial charge in [0.1, 0.15) is 4.90 Å². The Bertz CT molecular complexity index is 521. The van der Waals surface area contributed by atoms with E-state index < -0.39 is 16.0 Å². The van der Waals surface area contributed by atoms with E-state index >= 15 is 0 Å². The third kappa shape index (κ3) is 3.44. The number of nitrogens with one attached hydrogen (secondary N) is 1. The number of carbonyl (C=O) groups is 1. The Hall–Kier alpha value is -1.18. The number of anilines is 1. The molecule has 0 unspecified atom stereocenters. The van der Waals surface area contributed by atoms with Gasteiger partial charge in [0.25, 0.3) is 16.0 Å². The van der Waals surface area contributed by atoms with Crippen LogP contribution in [0.4, 0.5) is 5.69 Å². The van der Waals surface area contributed by atoms with Crippen molar-refractivity contribution in [3.8, 4) is 0 Å². The Morgan fingerprint density at radius 3 is 2.50 bits per heavy atom. The summed E-state index contributed by atoms with van der Waals surface area (Å²) in [5, 5.41) is 2.43. The first kappa shape index (κ1) is 12.9. The van der Waals surface area contributed by atoms with Crippen LogP contribution >= 0.6 is 15.9 Å². The molecule has 1 aromatic rings. The lowest BCUT2D eigenvalue weighted by atomic mass is 10.3. The summed E-state index contributed by atoms with van der Waals surface area (Å²) in [5.41, 5.74) is 0.345. The zero-order chi connectivity index (χ0) is 12.3. The first-order chi connectivity index (χ1) is 7.30. The molecule has 16 heavy (non-hydrogen) atoms. The molecule has 0 heterocycles. The summed E-state index contributed by atoms with van der Waals surface area (Å²) in [7, 11) is -4.26. The van der Waals surface area contributed by atoms with Gasteiger partial charge < -0.3 is 5.32 Å². The quantitative estimate of drug-likeness (QED) is 0.656. The van der Waals surface area contributed by atoms with Crippen molar-refractivity contribution in [3.63, 3.8) is 0 Å². The van der Waals surface area contributed by atoms with Crippen molar-refractivity contribution >= 4 is 37.6 Å². The van der Waals surface area contributed by atoms with Crippen molar-refractivity contribution < 1.29 is 17.8 Å². The normalized spacial score (nSPS) is 10.9. The molecule has 0 aliphatic rings. The van der Waals surface area contributed by atoms with Crippen LogP contribution in [0.15, 0.2) is 34.2 Å². The third-order valence-corrected chi connectivity index (χ3v) is 2.74. The summed E-state index contributed by atoms with van der Waals surface area (Å²) in [6, 6.07) is 6.01. The van der Waals surface area contributed by atoms with E-state index in [1.165, 1.54) is 12.1 Å². The number of hydrogen-bond acceptors (Lipinski definition) is 3. The molecule has 1 aromatic carbocycles. The van der Waals surface area contributed by atoms with Crippen LogP contribution in [0.2, 0.25) is 0 Å². The minimum absolute atomic E-state index is 0.145. The maximum Gasteiger partial charge on any atom is 0.295 e. The lowest BCUT2D eigenvalue weighted by Gasteiger charge is -2.03. The smallest absolute Gasteiger partial charge is 0.295 e. The summed E-state index contributed by atoms with van der Waals surface area (Å²) in [6.07, 6.45) is 0. The molecule has 0 aliphatic carbocycles. The van der Waals surface area contributed by atoms with Gasteiger partial charge in [-0.05, 0) is 34.1 Å². The molecular weight excluding hydrogens is 298 g/mol. The van der Waals surface area contributed by atoms with E-state index in [0.29, 0.717) is 5.69 Å². The van der Waals surface area contributed by atoms with Gasteiger partial charge >= 0.3 is 0 Å². The van der Waals surface area contributed by atoms with E-state index in [4.69, 9.17) is 4.55 Å². The summed E-state index contributed by atoms with van der Waals surface area (Å²) in [5.74, 6) is -0.451. The van der Waals surface area contributed by atoms with Crippen LogP contribution in [0, 0.1) is 6.07 Å². The van der Waals surface area contributed by atoms with E-state index in [1.54, 1.807) is 0 Å². The molecule has 2 N–H and O–H groups in total. The molecule has 85 valence electrons. The molecular formula is C9H7BrNO4S. The van der Waals surface area contributed by atoms with Crippen molar-refractivity contribution in [2.24, 2.45) is 0 Å². The van der Waals surface area contributed by atoms with Crippen LogP contribution in [0.3, 0.4) is 0 Å². The molecule has 0 saturated carbocycles. The first-order valence-corrected chi connectivity index (χ1v) is 6.19. The topological polar surface area (TPSA) is 83.5 Å². The summed E-state index contributed by atoms with van der Waals surface area (Å²) < 4.78 is 30.2. The molecule has 1 radical (unpaired) electrons. The highest BCUT2D eigenvalue weighted by atomic mass is 79.9. The lowest BCUT2D eigenvalue weighted by molar-refractivity contribution is -0.112. The van der Waals surface area contributed by atoms with Gasteiger partial charge in [-0.1, -0.05) is 6.58 Å². The molecule has 0 bridgehead atoms. The standard InChI is InChI=1S/C9H7BrNO4S/c1-6(10)9(12)11-7-2-4-8(5-3-7)16(13,14)15/h2-4H,1H2,(H,11,12)(H,13,14,15). The highest BCUT2D eigenvalue weighted by molar-refractivity contribution is 9.12. The van der Waals surface area contributed by atoms with E-state index in [1.807, 2.05) is 0 Å². The molecule has 0 atom stereocenters. The van der Waals surface area contributed by atoms with Crippen molar-refractivity contribution in [2.75, 3.05) is 5.32 Å². The minimum Gasteiger partial charge on any atom is -0.322 e. The molecule has 0 aromatic heterocycles. The zero-order valence-corrected chi connectivity index (χ0v) is 10.3. The highest BCUT2D eigenvalue weighted by Crippen LogP contribution is 2.14. The number of rotatable bonds is 3. The van der Waals surface area contributed by atoms with Crippen molar-refractivity contribution in [2.45, 2.75) is 4.90 Å². The number of carbonyl (C=O) groups excluding carboxylic acids is 1. The Balaban J connectivity index is 2.88. The molecule has 0 fully saturated rings. The fourth-order valence-corrected chi connectivity index (χ4v) is 1.39. The predicted octanol–water partition coefficient (Wildman–Crippen LogP) is 1.58. The van der Waals surface area contributed by atoms with Gasteiger partial charge in [-0.2, -0.15) is 8.42 Å². The summed E-state index contributed by atoms with van der Waals surface area (Å²) in [4.78, 5) is 10.8. The van der Waals surface area contributed by atoms with Crippen LogP contribution in [0.1, 0.15) is 0 Å². The van der Waals surface area contributed by atoms with Gasteiger partial charge in [0.2, 0.25) is 0 Å². The molecule has 0 aliphatic heterocycles. The maximum atomic E-state index is 11.2. The van der Waals surface area contributed by atoms with Gasteiger partial charge in [-0.15, -0.1) is 0 Å². The lowest BCUT2D eigenvalue weighted by Crippen LogP contribution is -2.10. The molecule has 0 spiro atoms. The number of benzene rings is 1. The predicted molar refractivity (Wildman–Crippen MR) is 61.8 cm³/mol. The summed E-state index contributed by atoms with van der Waals surface area (Å²) >= 11 is 2.89. The minimum atomic E-state index is -4.26. The van der Waals surface area contributed by atoms with Gasteiger partial charge in [0.15, 0.2) is 0 Å². The molecule has 5 nitrogen and oxygen atoms in total. The Kier molecular flexibility index (Phi) is 3.84. The van der Waals surface area contributed by atoms with Crippen LogP contribution in [-0.2, 0) is 14.9 Å². The van der Waals surface area contributed by atoms with Crippen molar-refractivity contribution in [3.05, 3.63) is 35.3 Å². The first-order valence-electron chi connectivity index (χ1n) is 3.95. The second-order valence-corrected chi connectivity index (χ2v) is 5.12. The van der Waals surface area contributed by atoms with E-state index in [-0.39, 0.29) is 9.38 Å². The van der Waals surface area contributed by atoms with Crippen LogP contribution in [-0.4, -0.2) is 18.9 Å². The van der Waals surface area contributed by atoms with E-state index in [9.17, 15) is 13.2 Å². The second-order valence-electron chi connectivity index (χ2n) is 2.78. The van der Waals surface area contributed by atoms with Crippen LogP contribution in [0.5, 0.6) is 0 Å². The monoisotopic (exact) mass is 304 g/mol. The Morgan fingerprint density at radius 1 is 1.50 bits per heavy atom. The maximum absolute atomic E-state index is 11.2. The molecule has 7 heteroatoms. The van der Waals surface area contributed by atoms with E-state index in [2.05, 4.69) is 33.9 Å². The van der Waals surface area contributed by atoms with Crippen LogP contribution in [0.25, 0.3) is 0 Å². The third-order valence-electron chi connectivity index (χ3n) is 1.57. The highest BCUT2D eigenvalue weighted by Gasteiger charge is 2.10. The number of hydrogen-bond donors (Lipinski definition) is 2. The van der Waals surface area contributed by atoms with Gasteiger partial charge in [-0.25, -0.2) is 0 Å². The fraction of sp³-hybridized carbons (Fsp3) is 0. The second kappa shape index (κ2) is 4.77. The molecule has 1 amide bonds. The Labute approximate surface area is 101 Å². The Morgan fingerprint density at radius 2 is 2.12 bits per heavy atom.